The second-order valence-corrected chi connectivity index (χ2v) is 11.0. The fraction of sp³-hybridized carbons (Fsp3) is 0. The van der Waals surface area contributed by atoms with Crippen molar-refractivity contribution in [2.75, 3.05) is 4.90 Å². The van der Waals surface area contributed by atoms with Gasteiger partial charge in [-0.2, -0.15) is 0 Å². The molecule has 51 heavy (non-hydrogen) atoms. The van der Waals surface area contributed by atoms with Crippen molar-refractivity contribution in [2.24, 2.45) is 0 Å². The van der Waals surface area contributed by atoms with Gasteiger partial charge in [0.05, 0.1) is 65.2 Å². The average Bonchev–Trinajstić information content (AvgIpc) is 3.36. The molecule has 0 fully saturated rings. The normalized spacial score (nSPS) is 17.8. The smallest absolute Gasteiger partial charge is 0.0972 e. The zero-order valence-electron chi connectivity index (χ0n) is 48.8. The van der Waals surface area contributed by atoms with E-state index < -0.39 is 205 Å². The van der Waals surface area contributed by atoms with E-state index in [1.54, 1.807) is 12.1 Å². The van der Waals surface area contributed by atoms with Gasteiger partial charge in [0.25, 0.3) is 0 Å². The molecule has 0 aliphatic heterocycles. The standard InChI is InChI=1S/C47H30N4/c1-4-14-31(15-5-1)45-39-30-42(51(34-17-6-2-7-18-34)35-19-8-3-9-20-35)36-21-10-11-22-37(36)43(39)44-38(23-12-24-41(44)50-45)40-28-27-33-26-25-32-16-13-29-48-46(32)47(33)49-40/h1-30H/i1D,2D,3D,4D,6D,8D,10D,11D,12D,14D,15D,17D,18D,19D,20D,21D,22D,23D,24D,26D,27D,28D,30D. The molecule has 10 aromatic rings. The lowest BCUT2D eigenvalue weighted by Crippen LogP contribution is -2.10. The molecule has 0 spiro atoms. The molecule has 0 N–H and O–H groups in total. The topological polar surface area (TPSA) is 41.9 Å². The van der Waals surface area contributed by atoms with Gasteiger partial charge in [0.1, 0.15) is 0 Å². The van der Waals surface area contributed by atoms with Crippen molar-refractivity contribution >= 4 is 71.3 Å². The Bertz CT molecular complexity index is 4200. The van der Waals surface area contributed by atoms with Crippen LogP contribution in [0.1, 0.15) is 31.5 Å². The minimum absolute atomic E-state index is 0.108. The van der Waals surface area contributed by atoms with Crippen LogP contribution in [0, 0.1) is 0 Å². The summed E-state index contributed by atoms with van der Waals surface area (Å²) < 4.78 is 210. The molecule has 0 radical (unpaired) electrons. The Labute approximate surface area is 327 Å². The third-order valence-corrected chi connectivity index (χ3v) is 8.20. The van der Waals surface area contributed by atoms with Crippen molar-refractivity contribution in [1.82, 2.24) is 15.0 Å². The second kappa shape index (κ2) is 11.9. The fourth-order valence-corrected chi connectivity index (χ4v) is 6.07. The summed E-state index contributed by atoms with van der Waals surface area (Å²) >= 11 is 0. The average molecular weight is 674 g/mol. The van der Waals surface area contributed by atoms with E-state index in [4.69, 9.17) is 29.2 Å². The summed E-state index contributed by atoms with van der Waals surface area (Å²) in [6.45, 7) is 0. The summed E-state index contributed by atoms with van der Waals surface area (Å²) in [6.07, 6.45) is 1.41. The molecule has 0 unspecified atom stereocenters. The summed E-state index contributed by atoms with van der Waals surface area (Å²) in [5.41, 5.74) is -5.25. The summed E-state index contributed by atoms with van der Waals surface area (Å²) in [7, 11) is 0. The first-order valence-electron chi connectivity index (χ1n) is 26.8. The van der Waals surface area contributed by atoms with Crippen molar-refractivity contribution < 1.29 is 31.5 Å². The molecule has 10 rings (SSSR count). The Hall–Kier alpha value is -6.91. The molecule has 0 bridgehead atoms. The molecule has 0 atom stereocenters. The molecule has 0 amide bonds. The number of benzene rings is 7. The summed E-state index contributed by atoms with van der Waals surface area (Å²) in [6, 6.07) is -10.9. The molecule has 238 valence electrons. The van der Waals surface area contributed by atoms with Gasteiger partial charge in [0, 0.05) is 61.0 Å². The van der Waals surface area contributed by atoms with Gasteiger partial charge >= 0.3 is 0 Å². The fourth-order valence-electron chi connectivity index (χ4n) is 6.07. The molecule has 4 heteroatoms. The first kappa shape index (κ1) is 14.1. The predicted molar refractivity (Wildman–Crippen MR) is 213 cm³/mol. The van der Waals surface area contributed by atoms with E-state index >= 15 is 0 Å². The molecule has 0 aliphatic carbocycles. The molecular weight excluding hydrogens is 621 g/mol. The van der Waals surface area contributed by atoms with Crippen molar-refractivity contribution in [3.8, 4) is 22.5 Å². The number of hydrogen-bond acceptors (Lipinski definition) is 4. The molecule has 0 saturated heterocycles. The highest BCUT2D eigenvalue weighted by atomic mass is 15.1. The third kappa shape index (κ3) is 4.80. The second-order valence-electron chi connectivity index (χ2n) is 11.0. The van der Waals surface area contributed by atoms with Gasteiger partial charge in [-0.05, 0) is 53.7 Å². The first-order valence-corrected chi connectivity index (χ1v) is 15.3. The number of hydrogen-bond donors (Lipinski definition) is 0. The monoisotopic (exact) mass is 673 g/mol. The van der Waals surface area contributed by atoms with Crippen molar-refractivity contribution in [3.05, 3.63) is 182 Å². The lowest BCUT2D eigenvalue weighted by atomic mass is 9.91. The summed E-state index contributed by atoms with van der Waals surface area (Å²) in [4.78, 5) is 14.6. The molecular formula is C47H30N4. The van der Waals surface area contributed by atoms with Crippen molar-refractivity contribution in [2.45, 2.75) is 0 Å². The van der Waals surface area contributed by atoms with Gasteiger partial charge in [-0.1, -0.05) is 127 Å². The van der Waals surface area contributed by atoms with Crippen LogP contribution in [0.4, 0.5) is 17.1 Å². The first-order chi connectivity index (χ1) is 34.8. The molecule has 7 aromatic carbocycles. The lowest BCUT2D eigenvalue weighted by molar-refractivity contribution is 1.30. The molecule has 0 aliphatic rings. The maximum absolute atomic E-state index is 10.4. The van der Waals surface area contributed by atoms with Crippen molar-refractivity contribution in [3.63, 3.8) is 0 Å². The number of anilines is 3. The highest BCUT2D eigenvalue weighted by Crippen LogP contribution is 2.47. The number of rotatable bonds is 5. The van der Waals surface area contributed by atoms with Gasteiger partial charge in [-0.15, -0.1) is 0 Å². The zero-order chi connectivity index (χ0) is 53.7. The van der Waals surface area contributed by atoms with Gasteiger partial charge in [-0.3, -0.25) is 4.98 Å². The Kier molecular flexibility index (Phi) is 3.30. The summed E-state index contributed by atoms with van der Waals surface area (Å²) in [5, 5.41) is -2.77. The maximum Gasteiger partial charge on any atom is 0.0972 e. The molecule has 4 nitrogen and oxygen atoms in total. The van der Waals surface area contributed by atoms with Crippen molar-refractivity contribution in [1.29, 1.82) is 0 Å². The minimum atomic E-state index is -0.977. The Morgan fingerprint density at radius 2 is 1.27 bits per heavy atom. The lowest BCUT2D eigenvalue weighted by Gasteiger charge is -2.28. The van der Waals surface area contributed by atoms with Gasteiger partial charge < -0.3 is 4.90 Å². The third-order valence-electron chi connectivity index (χ3n) is 8.20. The van der Waals surface area contributed by atoms with E-state index in [9.17, 15) is 12.3 Å². The Morgan fingerprint density at radius 3 is 2.12 bits per heavy atom. The number of pyridine rings is 3. The quantitative estimate of drug-likeness (QED) is 0.171. The van der Waals surface area contributed by atoms with Crippen LogP contribution < -0.4 is 4.90 Å². The van der Waals surface area contributed by atoms with Crippen LogP contribution in [0.5, 0.6) is 0 Å². The maximum atomic E-state index is 10.4. The SMILES string of the molecule is [2H]c1cc([2H])c(-c2nc3c([2H])c([2H])c([2H])c(-c4nc5c(c([2H])cc6cccnc65)c([2H])c4[2H])c3c3c2c([2H])c(N(c2c([2H])cc([2H])c([2H])c2[2H])c2c([2H])cc([2H])c([2H])c2[2H])c2c([2H])c([2H])c([2H])c([2H])c23)c([2H])c1[2H]. The van der Waals surface area contributed by atoms with Gasteiger partial charge in [0.2, 0.25) is 0 Å². The van der Waals surface area contributed by atoms with Crippen LogP contribution in [0.2, 0.25) is 0 Å². The Morgan fingerprint density at radius 1 is 0.510 bits per heavy atom. The van der Waals surface area contributed by atoms with Crippen LogP contribution in [0.3, 0.4) is 0 Å². The van der Waals surface area contributed by atoms with E-state index in [2.05, 4.69) is 4.98 Å². The van der Waals surface area contributed by atoms with E-state index in [1.165, 1.54) is 12.3 Å². The highest BCUT2D eigenvalue weighted by Gasteiger charge is 2.22. The van der Waals surface area contributed by atoms with Gasteiger partial charge in [0.15, 0.2) is 0 Å². The Balaban J connectivity index is 1.59. The van der Waals surface area contributed by atoms with Crippen LogP contribution in [-0.2, 0) is 0 Å². The van der Waals surface area contributed by atoms with E-state index in [1.807, 2.05) is 0 Å². The van der Waals surface area contributed by atoms with Gasteiger partial charge in [-0.25, -0.2) is 9.97 Å². The number of aromatic nitrogens is 3. The van der Waals surface area contributed by atoms with E-state index in [-0.39, 0.29) is 22.5 Å². The molecule has 3 heterocycles. The summed E-state index contributed by atoms with van der Waals surface area (Å²) in [5.74, 6) is 0. The molecule has 0 saturated carbocycles. The zero-order valence-corrected chi connectivity index (χ0v) is 25.8. The van der Waals surface area contributed by atoms with Crippen LogP contribution in [-0.4, -0.2) is 15.0 Å². The largest absolute Gasteiger partial charge is 0.310 e. The number of para-hydroxylation sites is 2. The van der Waals surface area contributed by atoms with Crippen LogP contribution in [0.15, 0.2) is 182 Å². The number of fused-ring (bicyclic) bond motifs is 8. The highest BCUT2D eigenvalue weighted by molar-refractivity contribution is 6.28. The number of nitrogens with zero attached hydrogens (tertiary/aromatic N) is 4. The van der Waals surface area contributed by atoms with Crippen LogP contribution in [0.25, 0.3) is 76.8 Å². The van der Waals surface area contributed by atoms with E-state index in [0.717, 1.165) is 18.2 Å². The van der Waals surface area contributed by atoms with E-state index in [0.29, 0.717) is 10.3 Å². The minimum Gasteiger partial charge on any atom is -0.310 e. The molecule has 3 aromatic heterocycles. The van der Waals surface area contributed by atoms with Crippen LogP contribution >= 0.6 is 0 Å². The predicted octanol–water partition coefficient (Wildman–Crippen LogP) is 12.4.